The normalized spacial score (nSPS) is 39.2. The highest BCUT2D eigenvalue weighted by Crippen LogP contribution is 2.44. The van der Waals surface area contributed by atoms with Gasteiger partial charge in [-0.15, -0.1) is 0 Å². The van der Waals surface area contributed by atoms with Gasteiger partial charge in [0.1, 0.15) is 5.78 Å². The van der Waals surface area contributed by atoms with Crippen molar-refractivity contribution >= 4 is 5.78 Å². The number of fused-ring (bicyclic) bond motifs is 2. The van der Waals surface area contributed by atoms with Gasteiger partial charge in [-0.2, -0.15) is 0 Å². The van der Waals surface area contributed by atoms with Gasteiger partial charge in [0.2, 0.25) is 0 Å². The molecule has 3 unspecified atom stereocenters. The molecule has 0 aromatic heterocycles. The summed E-state index contributed by atoms with van der Waals surface area (Å²) in [4.78, 5) is 11.1. The van der Waals surface area contributed by atoms with E-state index in [0.717, 1.165) is 17.6 Å². The van der Waals surface area contributed by atoms with E-state index in [4.69, 9.17) is 4.74 Å². The highest BCUT2D eigenvalue weighted by Gasteiger charge is 2.47. The van der Waals surface area contributed by atoms with Crippen LogP contribution in [0.1, 0.15) is 13.3 Å². The SMILES string of the molecule is C=C1C(=C)C2OC1CC2C(C)=O. The number of ether oxygens (including phenoxy) is 1. The summed E-state index contributed by atoms with van der Waals surface area (Å²) in [7, 11) is 0. The highest BCUT2D eigenvalue weighted by atomic mass is 16.5. The first-order chi connectivity index (χ1) is 5.61. The van der Waals surface area contributed by atoms with Gasteiger partial charge in [0.25, 0.3) is 0 Å². The van der Waals surface area contributed by atoms with E-state index in [-0.39, 0.29) is 23.9 Å². The number of hydrogen-bond acceptors (Lipinski definition) is 2. The van der Waals surface area contributed by atoms with E-state index in [1.807, 2.05) is 0 Å². The van der Waals surface area contributed by atoms with Crippen LogP contribution in [0.25, 0.3) is 0 Å². The molecule has 12 heavy (non-hydrogen) atoms. The molecular weight excluding hydrogens is 152 g/mol. The summed E-state index contributed by atoms with van der Waals surface area (Å²) in [5.74, 6) is 0.240. The molecule has 2 rings (SSSR count). The number of carbonyl (C=O) groups excluding carboxylic acids is 1. The number of carbonyl (C=O) groups is 1. The Kier molecular flexibility index (Phi) is 1.48. The molecule has 2 saturated heterocycles. The average Bonchev–Trinajstić information content (AvgIpc) is 2.53. The van der Waals surface area contributed by atoms with Crippen LogP contribution < -0.4 is 0 Å². The Morgan fingerprint density at radius 3 is 2.58 bits per heavy atom. The summed E-state index contributed by atoms with van der Waals surface area (Å²) < 4.78 is 5.55. The smallest absolute Gasteiger partial charge is 0.135 e. The van der Waals surface area contributed by atoms with Gasteiger partial charge in [0.05, 0.1) is 18.1 Å². The molecule has 2 aliphatic rings. The van der Waals surface area contributed by atoms with Crippen molar-refractivity contribution in [3.63, 3.8) is 0 Å². The molecule has 2 heteroatoms. The number of rotatable bonds is 1. The Labute approximate surface area is 71.9 Å². The molecule has 0 N–H and O–H groups in total. The summed E-state index contributed by atoms with van der Waals surface area (Å²) in [6.07, 6.45) is 0.800. The number of ketones is 1. The predicted molar refractivity (Wildman–Crippen MR) is 45.7 cm³/mol. The largest absolute Gasteiger partial charge is 0.365 e. The lowest BCUT2D eigenvalue weighted by atomic mass is 9.81. The molecule has 0 radical (unpaired) electrons. The standard InChI is InChI=1S/C10H12O2/c1-5-6(2)10-8(7(3)11)4-9(5)12-10/h8-10H,1-2,4H2,3H3. The average molecular weight is 164 g/mol. The quantitative estimate of drug-likeness (QED) is 0.586. The van der Waals surface area contributed by atoms with Gasteiger partial charge in [-0.25, -0.2) is 0 Å². The zero-order valence-corrected chi connectivity index (χ0v) is 7.17. The van der Waals surface area contributed by atoms with Crippen molar-refractivity contribution in [2.75, 3.05) is 0 Å². The van der Waals surface area contributed by atoms with E-state index in [2.05, 4.69) is 13.2 Å². The van der Waals surface area contributed by atoms with E-state index < -0.39 is 0 Å². The topological polar surface area (TPSA) is 26.3 Å². The van der Waals surface area contributed by atoms with Crippen molar-refractivity contribution < 1.29 is 9.53 Å². The molecule has 2 aliphatic heterocycles. The van der Waals surface area contributed by atoms with Crippen LogP contribution in [0, 0.1) is 5.92 Å². The molecule has 2 heterocycles. The summed E-state index contributed by atoms with van der Waals surface area (Å²) >= 11 is 0. The third kappa shape index (κ3) is 0.815. The van der Waals surface area contributed by atoms with Gasteiger partial charge in [0.15, 0.2) is 0 Å². The monoisotopic (exact) mass is 164 g/mol. The van der Waals surface area contributed by atoms with Crippen molar-refractivity contribution in [2.45, 2.75) is 25.6 Å². The van der Waals surface area contributed by atoms with Crippen LogP contribution in [0.3, 0.4) is 0 Å². The molecule has 0 saturated carbocycles. The fourth-order valence-corrected chi connectivity index (χ4v) is 2.00. The van der Waals surface area contributed by atoms with Crippen LogP contribution in [-0.4, -0.2) is 18.0 Å². The Morgan fingerprint density at radius 2 is 2.17 bits per heavy atom. The second-order valence-electron chi connectivity index (χ2n) is 3.55. The molecule has 0 amide bonds. The molecule has 64 valence electrons. The molecule has 2 fully saturated rings. The van der Waals surface area contributed by atoms with E-state index >= 15 is 0 Å². The first kappa shape index (κ1) is 7.74. The zero-order chi connectivity index (χ0) is 8.88. The predicted octanol–water partition coefficient (Wildman–Crippen LogP) is 1.48. The van der Waals surface area contributed by atoms with Crippen LogP contribution in [0.2, 0.25) is 0 Å². The molecule has 2 nitrogen and oxygen atoms in total. The molecule has 0 aromatic rings. The van der Waals surface area contributed by atoms with E-state index in [1.54, 1.807) is 6.92 Å². The van der Waals surface area contributed by atoms with E-state index in [9.17, 15) is 4.79 Å². The van der Waals surface area contributed by atoms with Gasteiger partial charge >= 0.3 is 0 Å². The molecule has 3 atom stereocenters. The van der Waals surface area contributed by atoms with Gasteiger partial charge in [0, 0.05) is 0 Å². The highest BCUT2D eigenvalue weighted by molar-refractivity contribution is 5.81. The lowest BCUT2D eigenvalue weighted by Gasteiger charge is -2.18. The van der Waals surface area contributed by atoms with Gasteiger partial charge in [-0.05, 0) is 24.5 Å². The van der Waals surface area contributed by atoms with Crippen molar-refractivity contribution in [1.82, 2.24) is 0 Å². The summed E-state index contributed by atoms with van der Waals surface area (Å²) in [5.41, 5.74) is 1.91. The molecule has 0 aliphatic carbocycles. The second-order valence-corrected chi connectivity index (χ2v) is 3.55. The van der Waals surface area contributed by atoms with Crippen molar-refractivity contribution in [3.05, 3.63) is 24.3 Å². The minimum Gasteiger partial charge on any atom is -0.365 e. The molecule has 2 bridgehead atoms. The lowest BCUT2D eigenvalue weighted by Crippen LogP contribution is -2.25. The van der Waals surface area contributed by atoms with Crippen molar-refractivity contribution in [2.24, 2.45) is 5.92 Å². The molecule has 0 spiro atoms. The molecular formula is C10H12O2. The maximum atomic E-state index is 11.1. The van der Waals surface area contributed by atoms with Gasteiger partial charge in [-0.1, -0.05) is 13.2 Å². The van der Waals surface area contributed by atoms with Crippen molar-refractivity contribution in [1.29, 1.82) is 0 Å². The van der Waals surface area contributed by atoms with Crippen molar-refractivity contribution in [3.8, 4) is 0 Å². The maximum absolute atomic E-state index is 11.1. The first-order valence-corrected chi connectivity index (χ1v) is 4.15. The lowest BCUT2D eigenvalue weighted by molar-refractivity contribution is -0.121. The number of hydrogen-bond donors (Lipinski definition) is 0. The van der Waals surface area contributed by atoms with Gasteiger partial charge < -0.3 is 4.74 Å². The summed E-state index contributed by atoms with van der Waals surface area (Å²) in [6, 6.07) is 0. The Hall–Kier alpha value is -0.890. The summed E-state index contributed by atoms with van der Waals surface area (Å²) in [5, 5.41) is 0. The number of Topliss-reactive ketones (excluding diaryl/α,β-unsaturated/α-hetero) is 1. The van der Waals surface area contributed by atoms with Crippen LogP contribution >= 0.6 is 0 Å². The maximum Gasteiger partial charge on any atom is 0.135 e. The fourth-order valence-electron chi connectivity index (χ4n) is 2.00. The first-order valence-electron chi connectivity index (χ1n) is 4.15. The third-order valence-electron chi connectivity index (χ3n) is 2.81. The third-order valence-corrected chi connectivity index (χ3v) is 2.81. The van der Waals surface area contributed by atoms with E-state index in [0.29, 0.717) is 0 Å². The van der Waals surface area contributed by atoms with Crippen LogP contribution in [-0.2, 0) is 9.53 Å². The second kappa shape index (κ2) is 2.30. The van der Waals surface area contributed by atoms with Gasteiger partial charge in [-0.3, -0.25) is 4.79 Å². The minimum absolute atomic E-state index is 0.0352. The van der Waals surface area contributed by atoms with Crippen LogP contribution in [0.15, 0.2) is 24.3 Å². The minimum atomic E-state index is -0.0694. The van der Waals surface area contributed by atoms with Crippen LogP contribution in [0.5, 0.6) is 0 Å². The zero-order valence-electron chi connectivity index (χ0n) is 7.17. The Bertz CT molecular complexity index is 278. The molecule has 0 aromatic carbocycles. The fraction of sp³-hybridized carbons (Fsp3) is 0.500. The van der Waals surface area contributed by atoms with E-state index in [1.165, 1.54) is 0 Å². The Balaban J connectivity index is 2.26. The van der Waals surface area contributed by atoms with Crippen LogP contribution in [0.4, 0.5) is 0 Å². The summed E-state index contributed by atoms with van der Waals surface area (Å²) in [6.45, 7) is 9.37. The Morgan fingerprint density at radius 1 is 1.50 bits per heavy atom.